The van der Waals surface area contributed by atoms with Crippen LogP contribution in [0.1, 0.15) is 43.4 Å². The molecule has 1 fully saturated rings. The molecule has 0 bridgehead atoms. The van der Waals surface area contributed by atoms with Gasteiger partial charge in [0.2, 0.25) is 5.91 Å². The summed E-state index contributed by atoms with van der Waals surface area (Å²) in [5.41, 5.74) is 0. The van der Waals surface area contributed by atoms with E-state index in [9.17, 15) is 9.90 Å². The third kappa shape index (κ3) is 4.96. The number of aliphatic hydroxyl groups excluding tert-OH is 1. The standard InChI is InChI=1S/C15H23NO2S/c17-13-8-10-16(11-9-13)15(18)7-3-1-2-5-14-6-4-12-19-14/h4,6,12-13,17H,1-3,5,7-11H2. The van der Waals surface area contributed by atoms with E-state index in [-0.39, 0.29) is 12.0 Å². The number of hydrogen-bond donors (Lipinski definition) is 1. The van der Waals surface area contributed by atoms with Gasteiger partial charge in [-0.3, -0.25) is 4.79 Å². The van der Waals surface area contributed by atoms with Crippen LogP contribution in [-0.2, 0) is 11.2 Å². The van der Waals surface area contributed by atoms with Gasteiger partial charge in [0.15, 0.2) is 0 Å². The van der Waals surface area contributed by atoms with E-state index >= 15 is 0 Å². The summed E-state index contributed by atoms with van der Waals surface area (Å²) in [7, 11) is 0. The van der Waals surface area contributed by atoms with Crippen LogP contribution in [0.3, 0.4) is 0 Å². The number of rotatable bonds is 6. The number of unbranched alkanes of at least 4 members (excludes halogenated alkanes) is 2. The highest BCUT2D eigenvalue weighted by Crippen LogP contribution is 2.15. The van der Waals surface area contributed by atoms with E-state index in [1.807, 2.05) is 16.2 Å². The molecule has 1 amide bonds. The molecule has 1 N–H and O–H groups in total. The summed E-state index contributed by atoms with van der Waals surface area (Å²) in [6, 6.07) is 4.27. The zero-order chi connectivity index (χ0) is 13.5. The van der Waals surface area contributed by atoms with Gasteiger partial charge in [-0.05, 0) is 43.6 Å². The van der Waals surface area contributed by atoms with Crippen molar-refractivity contribution in [1.29, 1.82) is 0 Å². The van der Waals surface area contributed by atoms with E-state index < -0.39 is 0 Å². The molecular weight excluding hydrogens is 258 g/mol. The second kappa shape index (κ2) is 7.65. The number of nitrogens with zero attached hydrogens (tertiary/aromatic N) is 1. The van der Waals surface area contributed by atoms with Crippen LogP contribution < -0.4 is 0 Å². The van der Waals surface area contributed by atoms with Crippen molar-refractivity contribution in [3.63, 3.8) is 0 Å². The molecule has 0 aliphatic carbocycles. The van der Waals surface area contributed by atoms with Crippen LogP contribution in [0, 0.1) is 0 Å². The zero-order valence-corrected chi connectivity index (χ0v) is 12.2. The van der Waals surface area contributed by atoms with Crippen molar-refractivity contribution >= 4 is 17.2 Å². The molecule has 0 radical (unpaired) electrons. The van der Waals surface area contributed by atoms with Crippen molar-refractivity contribution in [2.75, 3.05) is 13.1 Å². The average Bonchev–Trinajstić information content (AvgIpc) is 2.92. The largest absolute Gasteiger partial charge is 0.393 e. The van der Waals surface area contributed by atoms with Crippen LogP contribution in [-0.4, -0.2) is 35.1 Å². The number of likely N-dealkylation sites (tertiary alicyclic amines) is 1. The first-order chi connectivity index (χ1) is 9.25. The average molecular weight is 281 g/mol. The Hall–Kier alpha value is -0.870. The maximum atomic E-state index is 11.9. The molecule has 1 aromatic heterocycles. The third-order valence-electron chi connectivity index (χ3n) is 3.71. The lowest BCUT2D eigenvalue weighted by Gasteiger charge is -2.29. The molecule has 0 spiro atoms. The summed E-state index contributed by atoms with van der Waals surface area (Å²) in [6.45, 7) is 1.46. The summed E-state index contributed by atoms with van der Waals surface area (Å²) in [4.78, 5) is 15.3. The molecule has 0 saturated carbocycles. The number of carbonyl (C=O) groups excluding carboxylic acids is 1. The Kier molecular flexibility index (Phi) is 5.86. The van der Waals surface area contributed by atoms with Crippen molar-refractivity contribution < 1.29 is 9.90 Å². The van der Waals surface area contributed by atoms with Gasteiger partial charge in [-0.1, -0.05) is 12.5 Å². The van der Waals surface area contributed by atoms with Gasteiger partial charge in [0.25, 0.3) is 0 Å². The lowest BCUT2D eigenvalue weighted by molar-refractivity contribution is -0.133. The third-order valence-corrected chi connectivity index (χ3v) is 4.65. The SMILES string of the molecule is O=C(CCCCCc1cccs1)N1CCC(O)CC1. The predicted octanol–water partition coefficient (Wildman–Crippen LogP) is 2.83. The van der Waals surface area contributed by atoms with Gasteiger partial charge in [0.05, 0.1) is 6.10 Å². The second-order valence-electron chi connectivity index (χ2n) is 5.25. The Morgan fingerprint density at radius 2 is 2.11 bits per heavy atom. The number of hydrogen-bond acceptors (Lipinski definition) is 3. The maximum Gasteiger partial charge on any atom is 0.222 e. The summed E-state index contributed by atoms with van der Waals surface area (Å²) in [5.74, 6) is 0.267. The lowest BCUT2D eigenvalue weighted by Crippen LogP contribution is -2.39. The first-order valence-corrected chi connectivity index (χ1v) is 8.12. The summed E-state index contributed by atoms with van der Waals surface area (Å²) in [6.07, 6.45) is 6.38. The summed E-state index contributed by atoms with van der Waals surface area (Å²) < 4.78 is 0. The predicted molar refractivity (Wildman–Crippen MR) is 78.3 cm³/mol. The minimum atomic E-state index is -0.199. The Morgan fingerprint density at radius 1 is 1.32 bits per heavy atom. The van der Waals surface area contributed by atoms with Crippen molar-refractivity contribution in [3.8, 4) is 0 Å². The second-order valence-corrected chi connectivity index (χ2v) is 6.28. The highest BCUT2D eigenvalue weighted by atomic mass is 32.1. The molecule has 1 saturated heterocycles. The van der Waals surface area contributed by atoms with Gasteiger partial charge in [-0.15, -0.1) is 11.3 Å². The molecule has 4 heteroatoms. The molecule has 3 nitrogen and oxygen atoms in total. The normalized spacial score (nSPS) is 16.8. The van der Waals surface area contributed by atoms with Gasteiger partial charge >= 0.3 is 0 Å². The molecule has 1 aromatic rings. The van der Waals surface area contributed by atoms with E-state index in [0.717, 1.165) is 45.2 Å². The minimum absolute atomic E-state index is 0.199. The fourth-order valence-electron chi connectivity index (χ4n) is 2.48. The van der Waals surface area contributed by atoms with E-state index in [4.69, 9.17) is 0 Å². The van der Waals surface area contributed by atoms with Crippen LogP contribution in [0.5, 0.6) is 0 Å². The van der Waals surface area contributed by atoms with Crippen molar-refractivity contribution in [2.24, 2.45) is 0 Å². The quantitative estimate of drug-likeness (QED) is 0.815. The fraction of sp³-hybridized carbons (Fsp3) is 0.667. The Labute approximate surface area is 119 Å². The number of piperidine rings is 1. The number of aliphatic hydroxyl groups is 1. The maximum absolute atomic E-state index is 11.9. The Bertz CT molecular complexity index is 370. The molecule has 0 unspecified atom stereocenters. The van der Waals surface area contributed by atoms with Crippen LogP contribution in [0.4, 0.5) is 0 Å². The van der Waals surface area contributed by atoms with E-state index in [1.165, 1.54) is 11.3 Å². The summed E-state index contributed by atoms with van der Waals surface area (Å²) in [5, 5.41) is 11.5. The van der Waals surface area contributed by atoms with Gasteiger partial charge < -0.3 is 10.0 Å². The van der Waals surface area contributed by atoms with Crippen LogP contribution in [0.2, 0.25) is 0 Å². The first-order valence-electron chi connectivity index (χ1n) is 7.24. The molecule has 2 rings (SSSR count). The van der Waals surface area contributed by atoms with Crippen LogP contribution >= 0.6 is 11.3 Å². The molecule has 0 aromatic carbocycles. The van der Waals surface area contributed by atoms with Crippen molar-refractivity contribution in [2.45, 2.75) is 51.0 Å². The Balaban J connectivity index is 1.54. The molecule has 0 atom stereocenters. The smallest absolute Gasteiger partial charge is 0.222 e. The van der Waals surface area contributed by atoms with Crippen molar-refractivity contribution in [3.05, 3.63) is 22.4 Å². The number of thiophene rings is 1. The Morgan fingerprint density at radius 3 is 2.79 bits per heavy atom. The van der Waals surface area contributed by atoms with Gasteiger partial charge in [0, 0.05) is 24.4 Å². The minimum Gasteiger partial charge on any atom is -0.393 e. The highest BCUT2D eigenvalue weighted by molar-refractivity contribution is 7.09. The number of amides is 1. The van der Waals surface area contributed by atoms with Gasteiger partial charge in [-0.2, -0.15) is 0 Å². The van der Waals surface area contributed by atoms with E-state index in [2.05, 4.69) is 17.5 Å². The van der Waals surface area contributed by atoms with Crippen LogP contribution in [0.25, 0.3) is 0 Å². The monoisotopic (exact) mass is 281 g/mol. The van der Waals surface area contributed by atoms with Gasteiger partial charge in [0.1, 0.15) is 0 Å². The zero-order valence-electron chi connectivity index (χ0n) is 11.4. The van der Waals surface area contributed by atoms with Crippen molar-refractivity contribution in [1.82, 2.24) is 4.90 Å². The topological polar surface area (TPSA) is 40.5 Å². The molecule has 1 aliphatic heterocycles. The first kappa shape index (κ1) is 14.5. The molecule has 1 aliphatic rings. The molecular formula is C15H23NO2S. The highest BCUT2D eigenvalue weighted by Gasteiger charge is 2.20. The molecule has 19 heavy (non-hydrogen) atoms. The van der Waals surface area contributed by atoms with E-state index in [0.29, 0.717) is 6.42 Å². The lowest BCUT2D eigenvalue weighted by atomic mass is 10.1. The number of aryl methyl sites for hydroxylation is 1. The molecule has 2 heterocycles. The number of carbonyl (C=O) groups is 1. The van der Waals surface area contributed by atoms with Gasteiger partial charge in [-0.25, -0.2) is 0 Å². The summed E-state index contributed by atoms with van der Waals surface area (Å²) >= 11 is 1.81. The fourth-order valence-corrected chi connectivity index (χ4v) is 3.23. The van der Waals surface area contributed by atoms with E-state index in [1.54, 1.807) is 0 Å². The molecule has 106 valence electrons. The van der Waals surface area contributed by atoms with Crippen LogP contribution in [0.15, 0.2) is 17.5 Å².